The van der Waals surface area contributed by atoms with Crippen LogP contribution < -0.4 is 29.6 Å². The van der Waals surface area contributed by atoms with Gasteiger partial charge >= 0.3 is 35.5 Å². The molecule has 28 heavy (non-hydrogen) atoms. The Balaban J connectivity index is 0.00000196. The maximum atomic E-state index is 12.0. The van der Waals surface area contributed by atoms with Crippen LogP contribution in [0.3, 0.4) is 0 Å². The topological polar surface area (TPSA) is 126 Å². The van der Waals surface area contributed by atoms with Crippen molar-refractivity contribution in [2.45, 2.75) is 76.0 Å². The Morgan fingerprint density at radius 3 is 2.36 bits per heavy atom. The number of carbonyl (C=O) groups is 1. The summed E-state index contributed by atoms with van der Waals surface area (Å²) in [5.41, 5.74) is 1.25. The Hall–Kier alpha value is -0.440. The van der Waals surface area contributed by atoms with Gasteiger partial charge in [0.15, 0.2) is 0 Å². The zero-order chi connectivity index (χ0) is 19.5. The van der Waals surface area contributed by atoms with E-state index >= 15 is 0 Å². The van der Waals surface area contributed by atoms with Gasteiger partial charge < -0.3 is 15.1 Å². The first-order valence-electron chi connectivity index (χ1n) is 9.28. The fourth-order valence-corrected chi connectivity index (χ4v) is 6.29. The molecule has 0 unspecified atom stereocenters. The van der Waals surface area contributed by atoms with E-state index in [-0.39, 0.29) is 51.8 Å². The number of carboxylic acids is 1. The van der Waals surface area contributed by atoms with Crippen molar-refractivity contribution >= 4 is 16.1 Å². The summed E-state index contributed by atoms with van der Waals surface area (Å²) < 4.78 is 35.7. The smallest absolute Gasteiger partial charge is 0.744 e. The van der Waals surface area contributed by atoms with Crippen molar-refractivity contribution < 1.29 is 57.9 Å². The van der Waals surface area contributed by atoms with Crippen LogP contribution in [0, 0.1) is 11.3 Å². The molecule has 0 bridgehead atoms. The first kappa shape index (κ1) is 25.6. The van der Waals surface area contributed by atoms with Crippen molar-refractivity contribution in [3.63, 3.8) is 0 Å². The first-order valence-corrected chi connectivity index (χ1v) is 10.7. The number of hydrogen-bond acceptors (Lipinski definition) is 4. The molecule has 2 aliphatic carbocycles. The SMILES string of the molecule is CC(C)c1cc2c(cc1S(=O)(=O)[O-])[C@@]1(C)CCC[C@@](C)(C(=O)O)[C@@H]1CC2.O.[Na+]. The number of hydrogen-bond donors (Lipinski definition) is 1. The fraction of sp³-hybridized carbons (Fsp3) is 0.650. The van der Waals surface area contributed by atoms with E-state index in [0.717, 1.165) is 36.8 Å². The minimum absolute atomic E-state index is 0. The van der Waals surface area contributed by atoms with Crippen LogP contribution in [0.2, 0.25) is 0 Å². The maximum Gasteiger partial charge on any atom is 1.00 e. The molecule has 0 aromatic heterocycles. The number of benzene rings is 1. The molecular weight excluding hydrogens is 391 g/mol. The summed E-state index contributed by atoms with van der Waals surface area (Å²) in [5, 5.41) is 9.85. The minimum atomic E-state index is -4.59. The third-order valence-electron chi connectivity index (χ3n) is 6.86. The summed E-state index contributed by atoms with van der Waals surface area (Å²) in [5.74, 6) is -0.923. The van der Waals surface area contributed by atoms with Crippen molar-refractivity contribution in [1.82, 2.24) is 0 Å². The molecule has 0 spiro atoms. The summed E-state index contributed by atoms with van der Waals surface area (Å²) in [6.07, 6.45) is 3.72. The van der Waals surface area contributed by atoms with Gasteiger partial charge in [0.1, 0.15) is 10.1 Å². The van der Waals surface area contributed by atoms with Crippen LogP contribution in [-0.4, -0.2) is 29.5 Å². The molecule has 1 aromatic carbocycles. The van der Waals surface area contributed by atoms with E-state index in [1.807, 2.05) is 33.8 Å². The van der Waals surface area contributed by atoms with E-state index in [4.69, 9.17) is 0 Å². The van der Waals surface area contributed by atoms with Gasteiger partial charge in [-0.25, -0.2) is 8.42 Å². The van der Waals surface area contributed by atoms with Crippen molar-refractivity contribution in [3.8, 4) is 0 Å². The Morgan fingerprint density at radius 2 is 1.86 bits per heavy atom. The first-order chi connectivity index (χ1) is 11.9. The second-order valence-corrected chi connectivity index (χ2v) is 10.1. The van der Waals surface area contributed by atoms with Gasteiger partial charge in [-0.3, -0.25) is 4.79 Å². The Bertz CT molecular complexity index is 866. The molecule has 8 heteroatoms. The van der Waals surface area contributed by atoms with E-state index < -0.39 is 26.9 Å². The number of aryl methyl sites for hydroxylation is 1. The zero-order valence-corrected chi connectivity index (χ0v) is 20.1. The molecule has 1 saturated carbocycles. The summed E-state index contributed by atoms with van der Waals surface area (Å²) in [6, 6.07) is 3.44. The molecule has 0 heterocycles. The van der Waals surface area contributed by atoms with Crippen LogP contribution in [0.1, 0.15) is 76.0 Å². The zero-order valence-electron chi connectivity index (χ0n) is 17.3. The Kier molecular flexibility index (Phi) is 7.64. The third-order valence-corrected chi connectivity index (χ3v) is 7.76. The molecule has 1 aromatic rings. The summed E-state index contributed by atoms with van der Waals surface area (Å²) in [4.78, 5) is 11.9. The van der Waals surface area contributed by atoms with Gasteiger partial charge in [-0.1, -0.05) is 33.3 Å². The van der Waals surface area contributed by atoms with Crippen LogP contribution in [-0.2, 0) is 26.7 Å². The molecule has 2 aliphatic rings. The number of aliphatic carboxylic acids is 1. The molecule has 1 fully saturated rings. The second-order valence-electron chi connectivity index (χ2n) is 8.74. The predicted molar refractivity (Wildman–Crippen MR) is 101 cm³/mol. The maximum absolute atomic E-state index is 12.0. The average Bonchev–Trinajstić information content (AvgIpc) is 2.52. The average molecular weight is 421 g/mol. The summed E-state index contributed by atoms with van der Waals surface area (Å²) in [7, 11) is -4.59. The van der Waals surface area contributed by atoms with Gasteiger partial charge in [-0.05, 0) is 72.6 Å². The van der Waals surface area contributed by atoms with Crippen molar-refractivity contribution in [3.05, 3.63) is 28.8 Å². The number of fused-ring (bicyclic) bond motifs is 3. The molecule has 152 valence electrons. The number of rotatable bonds is 3. The molecule has 3 rings (SSSR count). The van der Waals surface area contributed by atoms with E-state index in [2.05, 4.69) is 0 Å². The predicted octanol–water partition coefficient (Wildman–Crippen LogP) is -0.0117. The van der Waals surface area contributed by atoms with Gasteiger partial charge in [0.2, 0.25) is 0 Å². The largest absolute Gasteiger partial charge is 1.00 e. The normalized spacial score (nSPS) is 29.1. The van der Waals surface area contributed by atoms with Gasteiger partial charge in [0, 0.05) is 0 Å². The van der Waals surface area contributed by atoms with E-state index in [9.17, 15) is 22.9 Å². The molecule has 0 saturated heterocycles. The standard InChI is InChI=1S/C20H28O5S.Na.H2O/c1-12(2)14-10-13-6-7-17-19(3,8-5-9-20(17,4)18(21)22)15(13)11-16(14)26(23,24)25;;/h10-12,17H,5-9H2,1-4H3,(H,21,22)(H,23,24,25);;1H2/q;+1;/p-1/t17-,19-,20-;;/m1../s1. The Labute approximate surface area is 189 Å². The third kappa shape index (κ3) is 3.94. The number of carboxylic acid groups (broad SMARTS) is 1. The molecular formula is C20H29NaO6S. The quantitative estimate of drug-likeness (QED) is 0.544. The molecule has 0 aliphatic heterocycles. The van der Waals surface area contributed by atoms with Crippen LogP contribution in [0.15, 0.2) is 17.0 Å². The van der Waals surface area contributed by atoms with E-state index in [1.165, 1.54) is 0 Å². The molecule has 0 radical (unpaired) electrons. The molecule has 6 nitrogen and oxygen atoms in total. The van der Waals surface area contributed by atoms with E-state index in [0.29, 0.717) is 12.0 Å². The molecule has 3 atom stereocenters. The van der Waals surface area contributed by atoms with Gasteiger partial charge in [0.05, 0.1) is 10.3 Å². The summed E-state index contributed by atoms with van der Waals surface area (Å²) in [6.45, 7) is 7.63. The van der Waals surface area contributed by atoms with Gasteiger partial charge in [-0.15, -0.1) is 0 Å². The fourth-order valence-electron chi connectivity index (χ4n) is 5.44. The van der Waals surface area contributed by atoms with Crippen LogP contribution >= 0.6 is 0 Å². The van der Waals surface area contributed by atoms with Crippen LogP contribution in [0.25, 0.3) is 0 Å². The van der Waals surface area contributed by atoms with Crippen molar-refractivity contribution in [2.75, 3.05) is 0 Å². The molecule has 3 N–H and O–H groups in total. The Morgan fingerprint density at radius 1 is 1.25 bits per heavy atom. The van der Waals surface area contributed by atoms with Gasteiger partial charge in [0.25, 0.3) is 0 Å². The van der Waals surface area contributed by atoms with Crippen molar-refractivity contribution in [1.29, 1.82) is 0 Å². The van der Waals surface area contributed by atoms with Crippen LogP contribution in [0.4, 0.5) is 0 Å². The molecule has 0 amide bonds. The second kappa shape index (κ2) is 8.36. The summed E-state index contributed by atoms with van der Waals surface area (Å²) >= 11 is 0. The van der Waals surface area contributed by atoms with Crippen molar-refractivity contribution in [2.24, 2.45) is 11.3 Å². The van der Waals surface area contributed by atoms with Gasteiger partial charge in [-0.2, -0.15) is 0 Å². The minimum Gasteiger partial charge on any atom is -0.744 e. The monoisotopic (exact) mass is 420 g/mol. The van der Waals surface area contributed by atoms with Crippen LogP contribution in [0.5, 0.6) is 0 Å². The van der Waals surface area contributed by atoms with E-state index in [1.54, 1.807) is 6.07 Å².